The van der Waals surface area contributed by atoms with Gasteiger partial charge >= 0.3 is 0 Å². The summed E-state index contributed by atoms with van der Waals surface area (Å²) in [5.41, 5.74) is 14.4. The first kappa shape index (κ1) is 13.2. The number of aryl methyl sites for hydroxylation is 1. The third-order valence-corrected chi connectivity index (χ3v) is 3.13. The highest BCUT2D eigenvalue weighted by atomic mass is 35.5. The number of rotatable bonds is 3. The highest BCUT2D eigenvalue weighted by Gasteiger charge is 2.09. The number of amides is 1. The number of nitrogens with two attached hydrogens (primary N) is 2. The van der Waals surface area contributed by atoms with Crippen LogP contribution in [0, 0.1) is 6.92 Å². The maximum atomic E-state index is 11.2. The van der Waals surface area contributed by atoms with Crippen LogP contribution >= 0.6 is 11.6 Å². The van der Waals surface area contributed by atoms with E-state index < -0.39 is 5.91 Å². The van der Waals surface area contributed by atoms with Crippen molar-refractivity contribution in [3.63, 3.8) is 0 Å². The molecule has 0 unspecified atom stereocenters. The monoisotopic (exact) mass is 275 g/mol. The summed E-state index contributed by atoms with van der Waals surface area (Å²) in [7, 11) is 0. The molecule has 5 N–H and O–H groups in total. The van der Waals surface area contributed by atoms with Gasteiger partial charge in [0.1, 0.15) is 0 Å². The van der Waals surface area contributed by atoms with Gasteiger partial charge in [0.15, 0.2) is 0 Å². The van der Waals surface area contributed by atoms with Crippen LogP contribution < -0.4 is 16.8 Å². The minimum absolute atomic E-state index is 0.390. The molecule has 2 aromatic rings. The zero-order valence-corrected chi connectivity index (χ0v) is 11.2. The van der Waals surface area contributed by atoms with Gasteiger partial charge < -0.3 is 16.8 Å². The summed E-state index contributed by atoms with van der Waals surface area (Å²) < 4.78 is 0. The highest BCUT2D eigenvalue weighted by molar-refractivity contribution is 6.33. The molecule has 0 aliphatic rings. The number of anilines is 3. The van der Waals surface area contributed by atoms with Gasteiger partial charge in [0.2, 0.25) is 5.91 Å². The SMILES string of the molecule is Cc1cccc(Cl)c1Nc1cc(C(N)=O)ccc1N. The van der Waals surface area contributed by atoms with Crippen LogP contribution in [-0.4, -0.2) is 5.91 Å². The molecule has 2 aromatic carbocycles. The predicted octanol–water partition coefficient (Wildman–Crippen LogP) is 3.07. The second-order valence-corrected chi connectivity index (χ2v) is 4.63. The van der Waals surface area contributed by atoms with E-state index in [0.717, 1.165) is 11.3 Å². The van der Waals surface area contributed by atoms with Crippen LogP contribution in [0.4, 0.5) is 17.1 Å². The van der Waals surface area contributed by atoms with Gasteiger partial charge in [-0.15, -0.1) is 0 Å². The van der Waals surface area contributed by atoms with Crippen molar-refractivity contribution in [3.8, 4) is 0 Å². The summed E-state index contributed by atoms with van der Waals surface area (Å²) in [5, 5.41) is 3.73. The Labute approximate surface area is 116 Å². The Morgan fingerprint density at radius 2 is 2.00 bits per heavy atom. The second-order valence-electron chi connectivity index (χ2n) is 4.22. The Hall–Kier alpha value is -2.20. The third-order valence-electron chi connectivity index (χ3n) is 2.82. The third kappa shape index (κ3) is 2.80. The molecule has 0 aliphatic carbocycles. The largest absolute Gasteiger partial charge is 0.397 e. The molecule has 0 saturated heterocycles. The normalized spacial score (nSPS) is 10.2. The summed E-state index contributed by atoms with van der Waals surface area (Å²) in [5.74, 6) is -0.501. The number of benzene rings is 2. The van der Waals surface area contributed by atoms with Gasteiger partial charge in [-0.3, -0.25) is 4.79 Å². The van der Waals surface area contributed by atoms with E-state index in [9.17, 15) is 4.79 Å². The predicted molar refractivity (Wildman–Crippen MR) is 78.8 cm³/mol. The van der Waals surface area contributed by atoms with Crippen molar-refractivity contribution in [2.24, 2.45) is 5.73 Å². The van der Waals surface area contributed by atoms with Gasteiger partial charge in [-0.2, -0.15) is 0 Å². The molecule has 0 saturated carbocycles. The molecule has 0 heterocycles. The number of primary amides is 1. The quantitative estimate of drug-likeness (QED) is 0.753. The van der Waals surface area contributed by atoms with E-state index in [1.807, 2.05) is 19.1 Å². The van der Waals surface area contributed by atoms with Crippen LogP contribution in [0.2, 0.25) is 5.02 Å². The number of para-hydroxylation sites is 1. The fourth-order valence-corrected chi connectivity index (χ4v) is 2.01. The Morgan fingerprint density at radius 3 is 2.63 bits per heavy atom. The fraction of sp³-hybridized carbons (Fsp3) is 0.0714. The molecular weight excluding hydrogens is 262 g/mol. The minimum Gasteiger partial charge on any atom is -0.397 e. The van der Waals surface area contributed by atoms with Crippen molar-refractivity contribution in [3.05, 3.63) is 52.5 Å². The molecule has 0 aliphatic heterocycles. The highest BCUT2D eigenvalue weighted by Crippen LogP contribution is 2.31. The van der Waals surface area contributed by atoms with Crippen molar-refractivity contribution >= 4 is 34.6 Å². The number of nitrogen functional groups attached to an aromatic ring is 1. The topological polar surface area (TPSA) is 81.1 Å². The molecule has 0 fully saturated rings. The number of hydrogen-bond acceptors (Lipinski definition) is 3. The number of carbonyl (C=O) groups is 1. The van der Waals surface area contributed by atoms with E-state index in [1.54, 1.807) is 24.3 Å². The zero-order valence-electron chi connectivity index (χ0n) is 10.4. The zero-order chi connectivity index (χ0) is 14.0. The van der Waals surface area contributed by atoms with Gasteiger partial charge in [0.05, 0.1) is 22.1 Å². The molecule has 0 radical (unpaired) electrons. The molecule has 0 aromatic heterocycles. The summed E-state index contributed by atoms with van der Waals surface area (Å²) in [6.45, 7) is 1.93. The lowest BCUT2D eigenvalue weighted by molar-refractivity contribution is 0.100. The molecule has 0 spiro atoms. The van der Waals surface area contributed by atoms with Gasteiger partial charge in [-0.25, -0.2) is 0 Å². The van der Waals surface area contributed by atoms with E-state index in [-0.39, 0.29) is 0 Å². The van der Waals surface area contributed by atoms with Crippen molar-refractivity contribution in [1.82, 2.24) is 0 Å². The molecular formula is C14H14ClN3O. The van der Waals surface area contributed by atoms with Crippen molar-refractivity contribution < 1.29 is 4.79 Å². The molecule has 19 heavy (non-hydrogen) atoms. The number of halogens is 1. The molecule has 1 amide bonds. The minimum atomic E-state index is -0.501. The van der Waals surface area contributed by atoms with Crippen molar-refractivity contribution in [1.29, 1.82) is 0 Å². The van der Waals surface area contributed by atoms with Crippen LogP contribution in [0.25, 0.3) is 0 Å². The summed E-state index contributed by atoms with van der Waals surface area (Å²) in [4.78, 5) is 11.2. The van der Waals surface area contributed by atoms with E-state index in [0.29, 0.717) is 22.0 Å². The average Bonchev–Trinajstić information content (AvgIpc) is 2.35. The lowest BCUT2D eigenvalue weighted by atomic mass is 10.1. The summed E-state index contributed by atoms with van der Waals surface area (Å²) >= 11 is 6.14. The first-order chi connectivity index (χ1) is 8.99. The van der Waals surface area contributed by atoms with Gasteiger partial charge in [0, 0.05) is 5.56 Å². The lowest BCUT2D eigenvalue weighted by Crippen LogP contribution is -2.11. The standard InChI is InChI=1S/C14H14ClN3O/c1-8-3-2-4-10(15)13(8)18-12-7-9(14(17)19)5-6-11(12)16/h2-7,18H,16H2,1H3,(H2,17,19). The molecule has 2 rings (SSSR count). The summed E-state index contributed by atoms with van der Waals surface area (Å²) in [6, 6.07) is 10.4. The van der Waals surface area contributed by atoms with Crippen molar-refractivity contribution in [2.75, 3.05) is 11.1 Å². The second kappa shape index (κ2) is 5.20. The molecule has 0 bridgehead atoms. The Bertz CT molecular complexity index is 620. The maximum absolute atomic E-state index is 11.2. The molecule has 5 heteroatoms. The van der Waals surface area contributed by atoms with Crippen LogP contribution in [0.15, 0.2) is 36.4 Å². The first-order valence-corrected chi connectivity index (χ1v) is 6.08. The maximum Gasteiger partial charge on any atom is 0.248 e. The van der Waals surface area contributed by atoms with Gasteiger partial charge in [-0.1, -0.05) is 23.7 Å². The number of carbonyl (C=O) groups excluding carboxylic acids is 1. The number of nitrogens with one attached hydrogen (secondary N) is 1. The van der Waals surface area contributed by atoms with Crippen LogP contribution in [0.1, 0.15) is 15.9 Å². The Kier molecular flexibility index (Phi) is 3.62. The Morgan fingerprint density at radius 1 is 1.26 bits per heavy atom. The molecule has 98 valence electrons. The van der Waals surface area contributed by atoms with E-state index in [4.69, 9.17) is 23.1 Å². The van der Waals surface area contributed by atoms with Crippen molar-refractivity contribution in [2.45, 2.75) is 6.92 Å². The molecule has 4 nitrogen and oxygen atoms in total. The fourth-order valence-electron chi connectivity index (χ4n) is 1.74. The van der Waals surface area contributed by atoms with E-state index in [1.165, 1.54) is 0 Å². The first-order valence-electron chi connectivity index (χ1n) is 5.70. The van der Waals surface area contributed by atoms with Gasteiger partial charge in [-0.05, 0) is 36.8 Å². The Balaban J connectivity index is 2.43. The number of hydrogen-bond donors (Lipinski definition) is 3. The average molecular weight is 276 g/mol. The smallest absolute Gasteiger partial charge is 0.248 e. The van der Waals surface area contributed by atoms with Crippen LogP contribution in [-0.2, 0) is 0 Å². The molecule has 0 atom stereocenters. The van der Waals surface area contributed by atoms with Crippen LogP contribution in [0.5, 0.6) is 0 Å². The summed E-state index contributed by atoms with van der Waals surface area (Å²) in [6.07, 6.45) is 0. The van der Waals surface area contributed by atoms with Gasteiger partial charge in [0.25, 0.3) is 0 Å². The van der Waals surface area contributed by atoms with E-state index >= 15 is 0 Å². The lowest BCUT2D eigenvalue weighted by Gasteiger charge is -2.14. The van der Waals surface area contributed by atoms with E-state index in [2.05, 4.69) is 5.32 Å². The van der Waals surface area contributed by atoms with Crippen LogP contribution in [0.3, 0.4) is 0 Å².